The maximum Gasteiger partial charge on any atom is 0.161 e. The molecule has 3 rings (SSSR count). The Morgan fingerprint density at radius 1 is 1.14 bits per heavy atom. The van der Waals surface area contributed by atoms with Crippen molar-refractivity contribution < 1.29 is 9.47 Å². The third-order valence-corrected chi connectivity index (χ3v) is 5.75. The molecule has 0 amide bonds. The van der Waals surface area contributed by atoms with E-state index in [1.165, 1.54) is 37.8 Å². The lowest BCUT2D eigenvalue weighted by Gasteiger charge is -2.44. The highest BCUT2D eigenvalue weighted by Gasteiger charge is 2.49. The van der Waals surface area contributed by atoms with Crippen molar-refractivity contribution in [3.8, 4) is 11.5 Å². The van der Waals surface area contributed by atoms with Gasteiger partial charge in [0.25, 0.3) is 0 Å². The molecule has 3 atom stereocenters. The van der Waals surface area contributed by atoms with E-state index in [9.17, 15) is 0 Å². The molecule has 3 nitrogen and oxygen atoms in total. The summed E-state index contributed by atoms with van der Waals surface area (Å²) in [5.74, 6) is 2.52. The lowest BCUT2D eigenvalue weighted by molar-refractivity contribution is 0.147. The summed E-state index contributed by atoms with van der Waals surface area (Å²) < 4.78 is 10.9. The van der Waals surface area contributed by atoms with Crippen LogP contribution < -0.4 is 9.47 Å². The van der Waals surface area contributed by atoms with Gasteiger partial charge in [0, 0.05) is 11.5 Å². The number of fused-ring (bicyclic) bond motifs is 1. The van der Waals surface area contributed by atoms with Crippen LogP contribution in [0.25, 0.3) is 0 Å². The first-order chi connectivity index (χ1) is 10.1. The van der Waals surface area contributed by atoms with Crippen molar-refractivity contribution in [3.05, 3.63) is 23.8 Å². The molecule has 0 radical (unpaired) electrons. The smallest absolute Gasteiger partial charge is 0.161 e. The van der Waals surface area contributed by atoms with Gasteiger partial charge in [-0.25, -0.2) is 0 Å². The summed E-state index contributed by atoms with van der Waals surface area (Å²) in [6.07, 6.45) is 5.19. The van der Waals surface area contributed by atoms with Crippen molar-refractivity contribution in [2.24, 2.45) is 5.92 Å². The highest BCUT2D eigenvalue weighted by molar-refractivity contribution is 5.46. The zero-order chi connectivity index (χ0) is 15.0. The Bertz CT molecular complexity index is 516. The number of nitrogens with zero attached hydrogens (tertiary/aromatic N) is 1. The predicted octanol–water partition coefficient (Wildman–Crippen LogP) is 3.47. The van der Waals surface area contributed by atoms with E-state index in [0.717, 1.165) is 17.4 Å². The molecule has 0 bridgehead atoms. The van der Waals surface area contributed by atoms with Crippen LogP contribution in [0.15, 0.2) is 18.2 Å². The van der Waals surface area contributed by atoms with Crippen LogP contribution in [0.1, 0.15) is 38.2 Å². The highest BCUT2D eigenvalue weighted by Crippen LogP contribution is 2.50. The molecular weight excluding hydrogens is 262 g/mol. The summed E-state index contributed by atoms with van der Waals surface area (Å²) in [5, 5.41) is 0. The van der Waals surface area contributed by atoms with E-state index in [1.807, 2.05) is 0 Å². The minimum atomic E-state index is 0.306. The van der Waals surface area contributed by atoms with E-state index in [1.54, 1.807) is 14.2 Å². The fourth-order valence-electron chi connectivity index (χ4n) is 4.45. The van der Waals surface area contributed by atoms with Crippen molar-refractivity contribution in [3.63, 3.8) is 0 Å². The zero-order valence-corrected chi connectivity index (χ0v) is 13.7. The van der Waals surface area contributed by atoms with Crippen LogP contribution in [0.5, 0.6) is 11.5 Å². The largest absolute Gasteiger partial charge is 0.493 e. The van der Waals surface area contributed by atoms with Crippen molar-refractivity contribution in [1.29, 1.82) is 0 Å². The zero-order valence-electron chi connectivity index (χ0n) is 13.7. The summed E-state index contributed by atoms with van der Waals surface area (Å²) in [4.78, 5) is 2.56. The van der Waals surface area contributed by atoms with Gasteiger partial charge in [0.15, 0.2) is 11.5 Å². The van der Waals surface area contributed by atoms with E-state index in [4.69, 9.17) is 9.47 Å². The van der Waals surface area contributed by atoms with E-state index < -0.39 is 0 Å². The molecule has 116 valence electrons. The van der Waals surface area contributed by atoms with Gasteiger partial charge in [-0.3, -0.25) is 0 Å². The average molecular weight is 289 g/mol. The molecule has 1 aliphatic heterocycles. The van der Waals surface area contributed by atoms with Gasteiger partial charge in [0.1, 0.15) is 0 Å². The fourth-order valence-corrected chi connectivity index (χ4v) is 4.45. The molecule has 1 saturated carbocycles. The lowest BCUT2D eigenvalue weighted by Crippen LogP contribution is -2.45. The van der Waals surface area contributed by atoms with Gasteiger partial charge in [-0.05, 0) is 62.9 Å². The molecule has 21 heavy (non-hydrogen) atoms. The van der Waals surface area contributed by atoms with Crippen molar-refractivity contribution in [2.75, 3.05) is 27.8 Å². The number of hydrogen-bond donors (Lipinski definition) is 0. The summed E-state index contributed by atoms with van der Waals surface area (Å²) in [6.45, 7) is 3.59. The number of methoxy groups -OCH3 is 2. The van der Waals surface area contributed by atoms with Gasteiger partial charge in [-0.2, -0.15) is 0 Å². The van der Waals surface area contributed by atoms with Crippen LogP contribution in [-0.2, 0) is 5.41 Å². The van der Waals surface area contributed by atoms with Crippen molar-refractivity contribution in [2.45, 2.75) is 44.1 Å². The fraction of sp³-hybridized carbons (Fsp3) is 0.667. The number of likely N-dealkylation sites (N-methyl/N-ethyl adjacent to an activating group) is 1. The molecule has 2 aliphatic rings. The second-order valence-electron chi connectivity index (χ2n) is 6.85. The maximum atomic E-state index is 5.52. The van der Waals surface area contributed by atoms with Gasteiger partial charge >= 0.3 is 0 Å². The third-order valence-electron chi connectivity index (χ3n) is 5.75. The first-order valence-corrected chi connectivity index (χ1v) is 8.03. The molecule has 1 aromatic carbocycles. The Balaban J connectivity index is 2.01. The van der Waals surface area contributed by atoms with E-state index in [-0.39, 0.29) is 0 Å². The van der Waals surface area contributed by atoms with Crippen LogP contribution >= 0.6 is 0 Å². The maximum absolute atomic E-state index is 5.52. The second-order valence-corrected chi connectivity index (χ2v) is 6.85. The molecule has 3 heteroatoms. The first-order valence-electron chi connectivity index (χ1n) is 8.03. The Kier molecular flexibility index (Phi) is 3.87. The summed E-state index contributed by atoms with van der Waals surface area (Å²) >= 11 is 0. The molecule has 0 aromatic heterocycles. The van der Waals surface area contributed by atoms with Crippen molar-refractivity contribution in [1.82, 2.24) is 4.90 Å². The molecule has 0 unspecified atom stereocenters. The molecule has 2 fully saturated rings. The topological polar surface area (TPSA) is 21.7 Å². The minimum Gasteiger partial charge on any atom is -0.493 e. The molecule has 1 heterocycles. The van der Waals surface area contributed by atoms with E-state index >= 15 is 0 Å². The van der Waals surface area contributed by atoms with Gasteiger partial charge < -0.3 is 14.4 Å². The SMILES string of the molecule is COc1ccc([C@@]23CC[C@@H](C)C[C@@H]2N(C)CC3)cc1OC. The van der Waals surface area contributed by atoms with Crippen LogP contribution in [0, 0.1) is 5.92 Å². The Hall–Kier alpha value is -1.22. The number of ether oxygens (including phenoxy) is 2. The molecular formula is C18H27NO2. The highest BCUT2D eigenvalue weighted by atomic mass is 16.5. The quantitative estimate of drug-likeness (QED) is 0.850. The molecule has 1 saturated heterocycles. The Labute approximate surface area is 128 Å². The van der Waals surface area contributed by atoms with Crippen LogP contribution in [0.2, 0.25) is 0 Å². The van der Waals surface area contributed by atoms with Crippen molar-refractivity contribution >= 4 is 0 Å². The number of likely N-dealkylation sites (tertiary alicyclic amines) is 1. The number of rotatable bonds is 3. The van der Waals surface area contributed by atoms with Gasteiger partial charge in [0.2, 0.25) is 0 Å². The first kappa shape index (κ1) is 14.7. The number of hydrogen-bond acceptors (Lipinski definition) is 3. The molecule has 1 aromatic rings. The van der Waals surface area contributed by atoms with Crippen LogP contribution in [-0.4, -0.2) is 38.8 Å². The van der Waals surface area contributed by atoms with Crippen LogP contribution in [0.4, 0.5) is 0 Å². The summed E-state index contributed by atoms with van der Waals surface area (Å²) in [5.41, 5.74) is 1.74. The second kappa shape index (κ2) is 5.53. The molecule has 0 spiro atoms. The Morgan fingerprint density at radius 3 is 2.62 bits per heavy atom. The van der Waals surface area contributed by atoms with Crippen LogP contribution in [0.3, 0.4) is 0 Å². The number of benzene rings is 1. The van der Waals surface area contributed by atoms with Gasteiger partial charge in [0.05, 0.1) is 14.2 Å². The normalized spacial score (nSPS) is 32.8. The monoisotopic (exact) mass is 289 g/mol. The van der Waals surface area contributed by atoms with E-state index in [2.05, 4.69) is 37.1 Å². The third kappa shape index (κ3) is 2.32. The molecule has 1 aliphatic carbocycles. The predicted molar refractivity (Wildman–Crippen MR) is 85.3 cm³/mol. The van der Waals surface area contributed by atoms with Gasteiger partial charge in [-0.1, -0.05) is 13.0 Å². The van der Waals surface area contributed by atoms with Gasteiger partial charge in [-0.15, -0.1) is 0 Å². The Morgan fingerprint density at radius 2 is 1.90 bits per heavy atom. The standard InChI is InChI=1S/C18H27NO2/c1-13-7-8-18(9-10-19(2)17(18)11-13)14-5-6-15(20-3)16(12-14)21-4/h5-6,12-13,17H,7-11H2,1-4H3/t13-,17+,18+/m1/s1. The summed E-state index contributed by atoms with van der Waals surface area (Å²) in [7, 11) is 5.70. The minimum absolute atomic E-state index is 0.306. The lowest BCUT2D eigenvalue weighted by atomic mass is 9.64. The molecule has 0 N–H and O–H groups in total. The average Bonchev–Trinajstić information content (AvgIpc) is 2.85. The summed E-state index contributed by atoms with van der Waals surface area (Å²) in [6, 6.07) is 7.19. The van der Waals surface area contributed by atoms with E-state index in [0.29, 0.717) is 11.5 Å².